The molecule has 0 N–H and O–H groups in total. The molecule has 17 heavy (non-hydrogen) atoms. The van der Waals surface area contributed by atoms with E-state index >= 15 is 0 Å². The van der Waals surface area contributed by atoms with Gasteiger partial charge >= 0.3 is 11.9 Å². The molecule has 4 heteroatoms. The molecule has 0 radical (unpaired) electrons. The van der Waals surface area contributed by atoms with Gasteiger partial charge in [-0.15, -0.1) is 0 Å². The molecule has 0 aromatic rings. The van der Waals surface area contributed by atoms with Crippen molar-refractivity contribution in [3.05, 3.63) is 0 Å². The Bertz CT molecular complexity index is 319. The summed E-state index contributed by atoms with van der Waals surface area (Å²) in [5.74, 6) is -0.544. The number of cyclic esters (lactones) is 1. The van der Waals surface area contributed by atoms with Crippen molar-refractivity contribution in [2.24, 2.45) is 5.41 Å². The van der Waals surface area contributed by atoms with E-state index in [-0.39, 0.29) is 24.5 Å². The molecular weight excluding hydrogens is 220 g/mol. The van der Waals surface area contributed by atoms with Crippen LogP contribution in [0.1, 0.15) is 53.9 Å². The van der Waals surface area contributed by atoms with Gasteiger partial charge in [0.1, 0.15) is 6.10 Å². The van der Waals surface area contributed by atoms with Crippen molar-refractivity contribution in [1.29, 1.82) is 0 Å². The Balaban J connectivity index is 2.78. The maximum atomic E-state index is 12.2. The second-order valence-corrected chi connectivity index (χ2v) is 5.28. The van der Waals surface area contributed by atoms with E-state index in [2.05, 4.69) is 0 Å². The second kappa shape index (κ2) is 4.67. The molecule has 0 aromatic heterocycles. The fraction of sp³-hybridized carbons (Fsp3) is 0.846. The van der Waals surface area contributed by atoms with Crippen molar-refractivity contribution >= 4 is 11.9 Å². The van der Waals surface area contributed by atoms with Gasteiger partial charge in [0.2, 0.25) is 0 Å². The molecule has 0 saturated carbocycles. The number of carbonyl (C=O) groups excluding carboxylic acids is 2. The van der Waals surface area contributed by atoms with E-state index in [1.807, 2.05) is 20.8 Å². The predicted molar refractivity (Wildman–Crippen MR) is 63.4 cm³/mol. The third kappa shape index (κ3) is 2.61. The van der Waals surface area contributed by atoms with Crippen LogP contribution in [0.5, 0.6) is 0 Å². The minimum atomic E-state index is -0.820. The first-order valence-corrected chi connectivity index (χ1v) is 6.20. The number of rotatable bonds is 4. The Labute approximate surface area is 103 Å². The molecule has 2 atom stereocenters. The average Bonchev–Trinajstić information content (AvgIpc) is 2.51. The van der Waals surface area contributed by atoms with Crippen molar-refractivity contribution in [2.45, 2.75) is 65.6 Å². The second-order valence-electron chi connectivity index (χ2n) is 5.28. The first-order valence-electron chi connectivity index (χ1n) is 6.20. The van der Waals surface area contributed by atoms with Gasteiger partial charge < -0.3 is 9.47 Å². The lowest BCUT2D eigenvalue weighted by Gasteiger charge is -2.32. The molecule has 4 nitrogen and oxygen atoms in total. The normalized spacial score (nSPS) is 29.0. The molecule has 0 spiro atoms. The highest BCUT2D eigenvalue weighted by molar-refractivity contribution is 5.79. The van der Waals surface area contributed by atoms with Gasteiger partial charge in [-0.2, -0.15) is 0 Å². The summed E-state index contributed by atoms with van der Waals surface area (Å²) in [4.78, 5) is 23.4. The van der Waals surface area contributed by atoms with E-state index < -0.39 is 11.0 Å². The molecule has 0 aliphatic carbocycles. The van der Waals surface area contributed by atoms with E-state index in [0.717, 1.165) is 12.8 Å². The van der Waals surface area contributed by atoms with Gasteiger partial charge in [0.05, 0.1) is 11.8 Å². The zero-order chi connectivity index (χ0) is 13.3. The summed E-state index contributed by atoms with van der Waals surface area (Å²) in [7, 11) is 0. The van der Waals surface area contributed by atoms with Crippen LogP contribution >= 0.6 is 0 Å². The molecule has 1 fully saturated rings. The van der Waals surface area contributed by atoms with E-state index in [1.54, 1.807) is 13.8 Å². The Morgan fingerprint density at radius 1 is 1.53 bits per heavy atom. The number of carbonyl (C=O) groups is 2. The molecule has 1 aliphatic heterocycles. The van der Waals surface area contributed by atoms with Gasteiger partial charge in [0.25, 0.3) is 0 Å². The monoisotopic (exact) mass is 242 g/mol. The predicted octanol–water partition coefficient (Wildman–Crippen LogP) is 2.45. The number of esters is 2. The Kier molecular flexibility index (Phi) is 3.84. The van der Waals surface area contributed by atoms with E-state index in [0.29, 0.717) is 0 Å². The Hall–Kier alpha value is -1.06. The molecule has 1 aliphatic rings. The summed E-state index contributed by atoms with van der Waals surface area (Å²) in [6.45, 7) is 9.33. The molecule has 0 amide bonds. The molecule has 98 valence electrons. The van der Waals surface area contributed by atoms with Gasteiger partial charge in [-0.1, -0.05) is 13.8 Å². The van der Waals surface area contributed by atoms with Crippen molar-refractivity contribution in [1.82, 2.24) is 0 Å². The van der Waals surface area contributed by atoms with Crippen LogP contribution < -0.4 is 0 Å². The van der Waals surface area contributed by atoms with Crippen LogP contribution in [0.3, 0.4) is 0 Å². The number of hydrogen-bond donors (Lipinski definition) is 0. The summed E-state index contributed by atoms with van der Waals surface area (Å²) < 4.78 is 10.6. The lowest BCUT2D eigenvalue weighted by molar-refractivity contribution is -0.175. The lowest BCUT2D eigenvalue weighted by Crippen LogP contribution is -2.42. The van der Waals surface area contributed by atoms with Crippen LogP contribution in [0.2, 0.25) is 0 Å². The smallest absolute Gasteiger partial charge is 0.312 e. The maximum Gasteiger partial charge on any atom is 0.312 e. The highest BCUT2D eigenvalue weighted by Gasteiger charge is 2.48. The highest BCUT2D eigenvalue weighted by Crippen LogP contribution is 2.35. The zero-order valence-electron chi connectivity index (χ0n) is 11.3. The standard InChI is InChI=1S/C13H22O4/c1-6-12(4,7-2)11(15)17-13(5)8-10(14)16-9(13)3/h9H,6-8H2,1-5H3. The van der Waals surface area contributed by atoms with Gasteiger partial charge in [-0.25, -0.2) is 0 Å². The third-order valence-corrected chi connectivity index (χ3v) is 4.04. The number of ether oxygens (including phenoxy) is 2. The lowest BCUT2D eigenvalue weighted by atomic mass is 9.84. The first kappa shape index (κ1) is 14.0. The third-order valence-electron chi connectivity index (χ3n) is 4.04. The van der Waals surface area contributed by atoms with Crippen molar-refractivity contribution in [2.75, 3.05) is 0 Å². The quantitative estimate of drug-likeness (QED) is 0.710. The van der Waals surface area contributed by atoms with Crippen LogP contribution in [0.25, 0.3) is 0 Å². The highest BCUT2D eigenvalue weighted by atomic mass is 16.6. The van der Waals surface area contributed by atoms with Crippen LogP contribution in [-0.2, 0) is 19.1 Å². The Morgan fingerprint density at radius 3 is 2.41 bits per heavy atom. The largest absolute Gasteiger partial charge is 0.458 e. The van der Waals surface area contributed by atoms with Crippen molar-refractivity contribution in [3.63, 3.8) is 0 Å². The number of hydrogen-bond acceptors (Lipinski definition) is 4. The summed E-state index contributed by atoms with van der Waals surface area (Å²) in [5, 5.41) is 0. The van der Waals surface area contributed by atoms with Gasteiger partial charge in [-0.05, 0) is 33.6 Å². The summed E-state index contributed by atoms with van der Waals surface area (Å²) in [6, 6.07) is 0. The summed E-state index contributed by atoms with van der Waals surface area (Å²) >= 11 is 0. The van der Waals surface area contributed by atoms with Crippen LogP contribution in [0, 0.1) is 5.41 Å². The van der Waals surface area contributed by atoms with Gasteiger partial charge in [0, 0.05) is 0 Å². The SMILES string of the molecule is CCC(C)(CC)C(=O)OC1(C)CC(=O)OC1C. The summed E-state index contributed by atoms with van der Waals surface area (Å²) in [5.41, 5.74) is -1.30. The minimum absolute atomic E-state index is 0.142. The van der Waals surface area contributed by atoms with Crippen LogP contribution in [0.15, 0.2) is 0 Å². The minimum Gasteiger partial charge on any atom is -0.458 e. The van der Waals surface area contributed by atoms with E-state index in [4.69, 9.17) is 9.47 Å². The molecule has 1 rings (SSSR count). The van der Waals surface area contributed by atoms with E-state index in [1.165, 1.54) is 0 Å². The maximum absolute atomic E-state index is 12.2. The summed E-state index contributed by atoms with van der Waals surface area (Å²) in [6.07, 6.45) is 1.21. The van der Waals surface area contributed by atoms with Crippen molar-refractivity contribution in [3.8, 4) is 0 Å². The molecule has 2 unspecified atom stereocenters. The average molecular weight is 242 g/mol. The zero-order valence-corrected chi connectivity index (χ0v) is 11.3. The van der Waals surface area contributed by atoms with Crippen LogP contribution in [-0.4, -0.2) is 23.6 Å². The molecule has 1 saturated heterocycles. The van der Waals surface area contributed by atoms with Crippen molar-refractivity contribution < 1.29 is 19.1 Å². The molecule has 0 bridgehead atoms. The Morgan fingerprint density at radius 2 is 2.06 bits per heavy atom. The van der Waals surface area contributed by atoms with Gasteiger partial charge in [0.15, 0.2) is 5.60 Å². The molecule has 1 heterocycles. The fourth-order valence-corrected chi connectivity index (χ4v) is 1.79. The molecular formula is C13H22O4. The molecule has 0 aromatic carbocycles. The fourth-order valence-electron chi connectivity index (χ4n) is 1.79. The topological polar surface area (TPSA) is 52.6 Å². The van der Waals surface area contributed by atoms with Gasteiger partial charge in [-0.3, -0.25) is 9.59 Å². The van der Waals surface area contributed by atoms with Crippen LogP contribution in [0.4, 0.5) is 0 Å². The van der Waals surface area contributed by atoms with E-state index in [9.17, 15) is 9.59 Å². The first-order chi connectivity index (χ1) is 7.77.